The van der Waals surface area contributed by atoms with Crippen LogP contribution in [0.3, 0.4) is 0 Å². The van der Waals surface area contributed by atoms with Gasteiger partial charge in [-0.2, -0.15) is 13.2 Å². The highest BCUT2D eigenvalue weighted by Gasteiger charge is 2.42. The van der Waals surface area contributed by atoms with Crippen LogP contribution in [0.15, 0.2) is 54.7 Å². The smallest absolute Gasteiger partial charge is 0.468 e. The number of carbonyl (C=O) groups excluding carboxylic acids is 4. The molecule has 0 aliphatic heterocycles. The van der Waals surface area contributed by atoms with Gasteiger partial charge in [-0.1, -0.05) is 18.2 Å². The Morgan fingerprint density at radius 1 is 0.970 bits per heavy atom. The summed E-state index contributed by atoms with van der Waals surface area (Å²) in [6.45, 7) is -0.312. The van der Waals surface area contributed by atoms with Crippen molar-refractivity contribution in [3.63, 3.8) is 0 Å². The number of esters is 3. The fourth-order valence-corrected chi connectivity index (χ4v) is 2.84. The number of hydrogen-bond donors (Lipinski definition) is 1. The average molecular weight is 460 g/mol. The Balaban J connectivity index is 1.85. The largest absolute Gasteiger partial charge is 0.491 e. The molecule has 1 N–H and O–H groups in total. The first kappa shape index (κ1) is 23.4. The summed E-state index contributed by atoms with van der Waals surface area (Å²) in [4.78, 5) is 50.5. The van der Waals surface area contributed by atoms with Crippen LogP contribution in [0.1, 0.15) is 20.7 Å². The van der Waals surface area contributed by atoms with E-state index in [1.165, 1.54) is 43.6 Å². The van der Waals surface area contributed by atoms with E-state index in [9.17, 15) is 32.3 Å². The van der Waals surface area contributed by atoms with Crippen LogP contribution >= 0.6 is 0 Å². The number of aromatic nitrogens is 1. The molecule has 3 aromatic rings. The molecule has 170 valence electrons. The second-order valence-electron chi connectivity index (χ2n) is 6.60. The lowest BCUT2D eigenvalue weighted by Gasteiger charge is -2.10. The van der Waals surface area contributed by atoms with Crippen LogP contribution in [0, 0.1) is 0 Å². The molecule has 11 heteroatoms. The molecule has 0 bridgehead atoms. The Hall–Kier alpha value is -4.28. The van der Waals surface area contributed by atoms with E-state index in [1.807, 2.05) is 0 Å². The van der Waals surface area contributed by atoms with Crippen LogP contribution in [0.25, 0.3) is 22.0 Å². The number of alkyl halides is 3. The van der Waals surface area contributed by atoms with E-state index in [1.54, 1.807) is 18.2 Å². The molecule has 0 radical (unpaired) electrons. The van der Waals surface area contributed by atoms with Crippen LogP contribution in [0.4, 0.5) is 13.2 Å². The zero-order chi connectivity index (χ0) is 24.2. The quantitative estimate of drug-likeness (QED) is 0.460. The van der Waals surface area contributed by atoms with Crippen molar-refractivity contribution < 1.29 is 41.8 Å². The molecule has 1 amide bonds. The van der Waals surface area contributed by atoms with Crippen molar-refractivity contribution in [2.24, 2.45) is 0 Å². The summed E-state index contributed by atoms with van der Waals surface area (Å²) in [5, 5.41) is 2.93. The summed E-state index contributed by atoms with van der Waals surface area (Å²) in [5.74, 6) is -5.16. The van der Waals surface area contributed by atoms with E-state index in [-0.39, 0.29) is 17.7 Å². The zero-order valence-electron chi connectivity index (χ0n) is 16.9. The van der Waals surface area contributed by atoms with Gasteiger partial charge in [0.2, 0.25) is 0 Å². The number of benzene rings is 2. The van der Waals surface area contributed by atoms with Gasteiger partial charge in [0.25, 0.3) is 5.91 Å². The minimum Gasteiger partial charge on any atom is -0.468 e. The Morgan fingerprint density at radius 2 is 1.64 bits per heavy atom. The molecule has 0 saturated carbocycles. The third kappa shape index (κ3) is 5.50. The van der Waals surface area contributed by atoms with Gasteiger partial charge in [0, 0.05) is 11.6 Å². The van der Waals surface area contributed by atoms with Crippen molar-refractivity contribution in [3.8, 4) is 11.1 Å². The monoisotopic (exact) mass is 460 g/mol. The normalized spacial score (nSPS) is 11.0. The fourth-order valence-electron chi connectivity index (χ4n) is 2.84. The number of methoxy groups -OCH3 is 1. The molecule has 1 heterocycles. The molecule has 2 aromatic carbocycles. The Bertz CT molecular complexity index is 1240. The molecular formula is C22H15F3N2O6. The lowest BCUT2D eigenvalue weighted by molar-refractivity contribution is -0.193. The number of nitrogens with zero attached hydrogens (tertiary/aromatic N) is 1. The van der Waals surface area contributed by atoms with Crippen molar-refractivity contribution in [2.45, 2.75) is 6.18 Å². The van der Waals surface area contributed by atoms with Crippen molar-refractivity contribution in [1.82, 2.24) is 10.3 Å². The van der Waals surface area contributed by atoms with Crippen molar-refractivity contribution in [2.75, 3.05) is 13.7 Å². The van der Waals surface area contributed by atoms with E-state index in [0.717, 1.165) is 0 Å². The van der Waals surface area contributed by atoms with Gasteiger partial charge >= 0.3 is 24.1 Å². The molecule has 1 aromatic heterocycles. The number of hydrogen-bond acceptors (Lipinski definition) is 7. The topological polar surface area (TPSA) is 112 Å². The van der Waals surface area contributed by atoms with Gasteiger partial charge in [-0.25, -0.2) is 9.59 Å². The number of carbonyl (C=O) groups is 4. The molecule has 0 fully saturated rings. The van der Waals surface area contributed by atoms with E-state index in [2.05, 4.69) is 19.8 Å². The highest BCUT2D eigenvalue weighted by atomic mass is 19.4. The number of nitrogens with one attached hydrogen (secondary N) is 1. The molecule has 0 unspecified atom stereocenters. The third-order valence-electron chi connectivity index (χ3n) is 4.48. The molecule has 0 aliphatic carbocycles. The maximum absolute atomic E-state index is 12.5. The van der Waals surface area contributed by atoms with Gasteiger partial charge in [-0.3, -0.25) is 14.6 Å². The van der Waals surface area contributed by atoms with E-state index in [0.29, 0.717) is 22.0 Å². The number of halogens is 3. The van der Waals surface area contributed by atoms with Crippen LogP contribution in [-0.4, -0.2) is 48.6 Å². The van der Waals surface area contributed by atoms with E-state index in [4.69, 9.17) is 0 Å². The average Bonchev–Trinajstić information content (AvgIpc) is 2.80. The minimum absolute atomic E-state index is 0.248. The van der Waals surface area contributed by atoms with Crippen molar-refractivity contribution in [3.05, 3.63) is 65.9 Å². The van der Waals surface area contributed by atoms with Crippen LogP contribution in [-0.2, 0) is 19.1 Å². The molecule has 3 rings (SSSR count). The summed E-state index contributed by atoms with van der Waals surface area (Å²) in [7, 11) is 1.20. The lowest BCUT2D eigenvalue weighted by Crippen LogP contribution is -2.30. The molecule has 33 heavy (non-hydrogen) atoms. The minimum atomic E-state index is -5.28. The number of amides is 1. The van der Waals surface area contributed by atoms with E-state index >= 15 is 0 Å². The van der Waals surface area contributed by atoms with Crippen LogP contribution in [0.2, 0.25) is 0 Å². The summed E-state index contributed by atoms with van der Waals surface area (Å²) < 4.78 is 45.0. The van der Waals surface area contributed by atoms with Gasteiger partial charge in [-0.05, 0) is 41.5 Å². The summed E-state index contributed by atoms with van der Waals surface area (Å²) in [6.07, 6.45) is -3.84. The number of pyridine rings is 1. The first-order valence-electron chi connectivity index (χ1n) is 9.27. The first-order chi connectivity index (χ1) is 15.6. The van der Waals surface area contributed by atoms with Crippen molar-refractivity contribution >= 4 is 34.7 Å². The SMILES string of the molecule is COC(=O)CNC(=O)c1ccnc2ccc(-c3ccc(C(=O)OC(=O)C(F)(F)F)cc3)cc12. The highest BCUT2D eigenvalue weighted by Crippen LogP contribution is 2.26. The van der Waals surface area contributed by atoms with Crippen molar-refractivity contribution in [1.29, 1.82) is 0 Å². The maximum Gasteiger partial charge on any atom is 0.491 e. The number of ether oxygens (including phenoxy) is 2. The van der Waals surface area contributed by atoms with Gasteiger partial charge in [0.15, 0.2) is 0 Å². The Morgan fingerprint density at radius 3 is 2.27 bits per heavy atom. The fraction of sp³-hybridized carbons (Fsp3) is 0.136. The second-order valence-corrected chi connectivity index (χ2v) is 6.60. The van der Waals surface area contributed by atoms with Crippen LogP contribution < -0.4 is 5.32 Å². The number of rotatable bonds is 5. The number of fused-ring (bicyclic) bond motifs is 1. The predicted octanol–water partition coefficient (Wildman–Crippen LogP) is 3.05. The highest BCUT2D eigenvalue weighted by molar-refractivity contribution is 6.07. The molecular weight excluding hydrogens is 445 g/mol. The summed E-state index contributed by atoms with van der Waals surface area (Å²) in [5.41, 5.74) is 1.71. The van der Waals surface area contributed by atoms with Gasteiger partial charge in [-0.15, -0.1) is 0 Å². The Kier molecular flexibility index (Phi) is 6.71. The summed E-state index contributed by atoms with van der Waals surface area (Å²) >= 11 is 0. The molecule has 0 spiro atoms. The lowest BCUT2D eigenvalue weighted by atomic mass is 9.99. The Labute approximate surface area is 184 Å². The second kappa shape index (κ2) is 9.47. The molecule has 8 nitrogen and oxygen atoms in total. The van der Waals surface area contributed by atoms with E-state index < -0.39 is 30.0 Å². The summed E-state index contributed by atoms with van der Waals surface area (Å²) in [6, 6.07) is 11.8. The molecule has 0 aliphatic rings. The first-order valence-corrected chi connectivity index (χ1v) is 9.27. The molecule has 0 saturated heterocycles. The van der Waals surface area contributed by atoms with Gasteiger partial charge < -0.3 is 14.8 Å². The van der Waals surface area contributed by atoms with Crippen LogP contribution in [0.5, 0.6) is 0 Å². The zero-order valence-corrected chi connectivity index (χ0v) is 16.9. The predicted molar refractivity (Wildman–Crippen MR) is 108 cm³/mol. The third-order valence-corrected chi connectivity index (χ3v) is 4.48. The maximum atomic E-state index is 12.5. The van der Waals surface area contributed by atoms with Gasteiger partial charge in [0.1, 0.15) is 6.54 Å². The van der Waals surface area contributed by atoms with Gasteiger partial charge in [0.05, 0.1) is 23.8 Å². The molecule has 0 atom stereocenters. The standard InChI is InChI=1S/C22H15F3N2O6/c1-32-18(28)11-27-19(29)15-8-9-26-17-7-6-14(10-16(15)17)12-2-4-13(5-3-12)20(30)33-21(31)22(23,24)25/h2-10H,11H2,1H3,(H,27,29).